The Balaban J connectivity index is 0. The number of ketones is 1. The number of carbonyl (C=O) groups excluding carboxylic acids is 1. The quantitative estimate of drug-likeness (QED) is 0.121. The van der Waals surface area contributed by atoms with E-state index in [1.165, 1.54) is 19.3 Å². The molecule has 0 amide bonds. The third-order valence-electron chi connectivity index (χ3n) is 3.40. The van der Waals surface area contributed by atoms with Crippen molar-refractivity contribution in [2.75, 3.05) is 13.2 Å². The summed E-state index contributed by atoms with van der Waals surface area (Å²) in [6.45, 7) is 1.39. The molecule has 0 spiro atoms. The van der Waals surface area contributed by atoms with E-state index in [-0.39, 0.29) is 39.4 Å². The molecule has 27 heavy (non-hydrogen) atoms. The number of Topliss-reactive ketones (excluding diaryl/α,β-unsaturated/α-hetero) is 1. The van der Waals surface area contributed by atoms with Gasteiger partial charge in [-0.25, -0.2) is 9.36 Å². The van der Waals surface area contributed by atoms with Crippen LogP contribution in [0.4, 0.5) is 0 Å². The van der Waals surface area contributed by atoms with Gasteiger partial charge < -0.3 is 31.4 Å². The maximum atomic E-state index is 12.2. The smallest absolute Gasteiger partial charge is 0.469 e. The predicted octanol–water partition coefficient (Wildman–Crippen LogP) is -0.748. The number of nitrogens with one attached hydrogen (secondary N) is 1. The summed E-state index contributed by atoms with van der Waals surface area (Å²) in [5.74, 6) is -1.56. The largest absolute Gasteiger partial charge is 0.480 e. The van der Waals surface area contributed by atoms with Crippen LogP contribution in [0, 0.1) is 0 Å². The molecule has 11 nitrogen and oxygen atoms in total. The molecule has 13 heteroatoms. The zero-order chi connectivity index (χ0) is 19.0. The molecule has 1 aliphatic rings. The summed E-state index contributed by atoms with van der Waals surface area (Å²) < 4.78 is 15.2. The van der Waals surface area contributed by atoms with Crippen LogP contribution in [0.5, 0.6) is 0 Å². The van der Waals surface area contributed by atoms with Crippen molar-refractivity contribution in [3.8, 4) is 0 Å². The van der Waals surface area contributed by atoms with Crippen LogP contribution in [0.1, 0.15) is 26.2 Å². The Morgan fingerprint density at radius 2 is 2.07 bits per heavy atom. The van der Waals surface area contributed by atoms with Gasteiger partial charge in [-0.3, -0.25) is 14.3 Å². The monoisotopic (exact) mass is 456 g/mol. The van der Waals surface area contributed by atoms with Crippen LogP contribution in [-0.2, 0) is 35.7 Å². The van der Waals surface area contributed by atoms with Crippen LogP contribution in [0.3, 0.4) is 0 Å². The molecular weight excluding hydrogens is 433 g/mol. The topological polar surface area (TPSA) is 203 Å². The van der Waals surface area contributed by atoms with Crippen molar-refractivity contribution in [1.29, 1.82) is 0 Å². The summed E-state index contributed by atoms with van der Waals surface area (Å²) in [6, 6.07) is -0.921. The predicted molar refractivity (Wildman–Crippen MR) is 93.4 cm³/mol. The van der Waals surface area contributed by atoms with Gasteiger partial charge in [-0.1, -0.05) is 0 Å². The van der Waals surface area contributed by atoms with Crippen molar-refractivity contribution in [3.05, 3.63) is 23.5 Å². The van der Waals surface area contributed by atoms with Gasteiger partial charge in [-0.15, -0.1) is 0 Å². The molecule has 1 radical (unpaired) electrons. The van der Waals surface area contributed by atoms with Crippen molar-refractivity contribution in [1.82, 2.24) is 5.32 Å². The first-order chi connectivity index (χ1) is 11.7. The van der Waals surface area contributed by atoms with Gasteiger partial charge in [0.25, 0.3) is 0 Å². The molecule has 8 N–H and O–H groups in total. The number of carboxylic acids is 1. The summed E-state index contributed by atoms with van der Waals surface area (Å²) in [5.41, 5.74) is 5.73. The van der Waals surface area contributed by atoms with Crippen molar-refractivity contribution in [3.63, 3.8) is 0 Å². The summed E-state index contributed by atoms with van der Waals surface area (Å²) >= 11 is 0. The molecule has 0 bridgehead atoms. The van der Waals surface area contributed by atoms with E-state index in [1.54, 1.807) is 0 Å². The minimum Gasteiger partial charge on any atom is -0.480 e. The van der Waals surface area contributed by atoms with E-state index in [4.69, 9.17) is 15.5 Å². The van der Waals surface area contributed by atoms with Gasteiger partial charge in [0.2, 0.25) is 5.78 Å². The van der Waals surface area contributed by atoms with E-state index in [1.807, 2.05) is 0 Å². The van der Waals surface area contributed by atoms with E-state index in [0.717, 1.165) is 0 Å². The van der Waals surface area contributed by atoms with Gasteiger partial charge in [-0.2, -0.15) is 0 Å². The Hall–Kier alpha value is -1.36. The number of hydrogen-bond acceptors (Lipinski definition) is 7. The molecule has 0 saturated heterocycles. The van der Waals surface area contributed by atoms with Gasteiger partial charge >= 0.3 is 13.8 Å². The number of carbonyl (C=O) groups is 2. The number of nitrogens with two attached hydrogens (primary N) is 1. The number of phosphoric acid groups is 1. The molecule has 0 aromatic carbocycles. The van der Waals surface area contributed by atoms with E-state index < -0.39 is 32.2 Å². The molecule has 1 rings (SSSR count). The molecule has 1 aliphatic heterocycles. The van der Waals surface area contributed by atoms with Crippen molar-refractivity contribution in [2.45, 2.75) is 32.2 Å². The van der Waals surface area contributed by atoms with Gasteiger partial charge in [0.15, 0.2) is 0 Å². The number of nitrogens with zero attached hydrogens (tertiary/aromatic N) is 1. The van der Waals surface area contributed by atoms with Crippen LogP contribution >= 0.6 is 7.82 Å². The zero-order valence-corrected chi connectivity index (χ0v) is 16.4. The molecule has 0 saturated carbocycles. The summed E-state index contributed by atoms with van der Waals surface area (Å²) in [7, 11) is -4.72. The molecule has 0 aromatic rings. The third kappa shape index (κ3) is 9.94. The number of hydrogen-bond donors (Lipinski definition) is 5. The SMILES string of the molecule is CC1=NC=C(COP(=O)(O)O)/C(=C/NC(CCCCN)C(=O)O)C1=O.O.[Cu]. The molecule has 1 atom stereocenters. The Morgan fingerprint density at radius 3 is 2.59 bits per heavy atom. The molecule has 0 aliphatic carbocycles. The molecule has 1 heterocycles. The number of aliphatic imine (C=N–C) groups is 1. The summed E-state index contributed by atoms with van der Waals surface area (Å²) in [5, 5.41) is 11.9. The molecule has 1 unspecified atom stereocenters. The average molecular weight is 457 g/mol. The van der Waals surface area contributed by atoms with Gasteiger partial charge in [-0.05, 0) is 32.7 Å². The minimum absolute atomic E-state index is 0. The molecule has 0 aromatic heterocycles. The van der Waals surface area contributed by atoms with Crippen LogP contribution in [-0.4, -0.2) is 57.0 Å². The Kier molecular flexibility index (Phi) is 13.3. The molecule has 159 valence electrons. The zero-order valence-electron chi connectivity index (χ0n) is 14.5. The normalized spacial score (nSPS) is 16.6. The number of aliphatic carboxylic acids is 1. The summed E-state index contributed by atoms with van der Waals surface area (Å²) in [6.07, 6.45) is 4.06. The Morgan fingerprint density at radius 1 is 1.44 bits per heavy atom. The first-order valence-corrected chi connectivity index (χ1v) is 9.06. The van der Waals surface area contributed by atoms with Gasteiger partial charge in [0, 0.05) is 40.6 Å². The van der Waals surface area contributed by atoms with Crippen molar-refractivity contribution < 1.29 is 56.1 Å². The molecule has 0 fully saturated rings. The second-order valence-corrected chi connectivity index (χ2v) is 6.60. The van der Waals surface area contributed by atoms with Crippen LogP contribution in [0.2, 0.25) is 0 Å². The average Bonchev–Trinajstić information content (AvgIpc) is 2.52. The maximum Gasteiger partial charge on any atom is 0.469 e. The second kappa shape index (κ2) is 12.9. The fourth-order valence-electron chi connectivity index (χ4n) is 2.03. The fraction of sp³-hybridized carbons (Fsp3) is 0.500. The van der Waals surface area contributed by atoms with E-state index in [2.05, 4.69) is 14.8 Å². The van der Waals surface area contributed by atoms with E-state index in [9.17, 15) is 19.3 Å². The van der Waals surface area contributed by atoms with Crippen molar-refractivity contribution in [2.24, 2.45) is 10.7 Å². The third-order valence-corrected chi connectivity index (χ3v) is 3.86. The summed E-state index contributed by atoms with van der Waals surface area (Å²) in [4.78, 5) is 44.9. The molecular formula is C14H24CuN3O8P. The maximum absolute atomic E-state index is 12.2. The first kappa shape index (κ1) is 27.9. The number of unbranched alkanes of at least 4 members (excludes halogenated alkanes) is 1. The standard InChI is InChI=1S/C14H22N3O7P.Cu.H2O/c1-9-13(18)11(10(6-16-9)8-24-25(21,22)23)7-17-12(14(19)20)4-2-3-5-15;;/h6-7,12,17H,2-5,8,15H2,1H3,(H,19,20)(H2,21,22,23);;1H2/b11-7-;;. The Labute approximate surface area is 166 Å². The van der Waals surface area contributed by atoms with Crippen LogP contribution < -0.4 is 11.1 Å². The van der Waals surface area contributed by atoms with E-state index >= 15 is 0 Å². The van der Waals surface area contributed by atoms with Gasteiger partial charge in [0.1, 0.15) is 6.04 Å². The Bertz CT molecular complexity index is 659. The van der Waals surface area contributed by atoms with Crippen LogP contribution in [0.25, 0.3) is 0 Å². The first-order valence-electron chi connectivity index (χ1n) is 7.53. The fourth-order valence-corrected chi connectivity index (χ4v) is 2.33. The number of rotatable bonds is 10. The number of phosphoric ester groups is 1. The van der Waals surface area contributed by atoms with Crippen LogP contribution in [0.15, 0.2) is 28.5 Å². The van der Waals surface area contributed by atoms with E-state index in [0.29, 0.717) is 25.8 Å². The van der Waals surface area contributed by atoms with Gasteiger partial charge in [0.05, 0.1) is 12.3 Å². The number of carboxylic acid groups (broad SMARTS) is 1. The van der Waals surface area contributed by atoms with Crippen molar-refractivity contribution >= 4 is 25.3 Å². The second-order valence-electron chi connectivity index (χ2n) is 5.36. The minimum atomic E-state index is -4.72.